The van der Waals surface area contributed by atoms with E-state index in [1.165, 1.54) is 43.9 Å². The number of allylic oxidation sites excluding steroid dienone is 6. The van der Waals surface area contributed by atoms with Crippen molar-refractivity contribution in [1.82, 2.24) is 9.55 Å². The second-order valence-corrected chi connectivity index (χ2v) is 21.6. The van der Waals surface area contributed by atoms with Gasteiger partial charge in [-0.15, -0.1) is 0 Å². The number of hydrogen-bond acceptors (Lipinski definition) is 19. The van der Waals surface area contributed by atoms with Crippen molar-refractivity contribution < 1.29 is 86.3 Å². The Labute approximate surface area is 434 Å². The largest absolute Gasteiger partial charge is 0.481 e. The number of anilines is 1. The number of hydrogen-bond donors (Lipinski definition) is 8. The number of rotatable bonds is 22. The molecular weight excluding hydrogens is 1010 g/mol. The van der Waals surface area contributed by atoms with Crippen LogP contribution in [0.4, 0.5) is 5.82 Å². The van der Waals surface area contributed by atoms with Gasteiger partial charge in [0.05, 0.1) is 25.4 Å². The number of aliphatic hydroxyl groups is 5. The third kappa shape index (κ3) is 26.6. The molecule has 24 heteroatoms. The standard InChI is InChI=1S/C50H83N3O19P2/c1-3-5-7-8-9-10-11-12-13-14-15-16-17-18-24-28-45(57)69-38-34-66-44(56)27-23-20-19-22-26-39-40(55)33-46(58)70-41(30-29-37(54)25-21-6-4-2)47(59)48(60)42(36-68-74(64,65)72-73(62,63)67-35-38)71-49(39)53-32-31-43(51)52-50(53)61/h10-13,19,22,29-32,37-42,46-49,54-55,58-60H,3-9,14-18,20-21,23-28,33-36H2,1-2H3,(H,62,63)(H,64,65)(H2,51,52,61)/b11-10-,13-12-,22-19?,30-29?/t37-,38+,39-,40-,41+,42+,46?,47-,48+,49+/m0/s1. The molecule has 0 spiro atoms. The minimum Gasteiger partial charge on any atom is -0.462 e. The molecule has 12 atom stereocenters. The smallest absolute Gasteiger partial charge is 0.462 e. The maximum atomic E-state index is 13.4. The number of aliphatic hydroxyl groups excluding tert-OH is 5. The summed E-state index contributed by atoms with van der Waals surface area (Å²) in [6.45, 7) is 1.38. The predicted octanol–water partition coefficient (Wildman–Crippen LogP) is 6.66. The Bertz CT molecular complexity index is 2050. The first-order valence-electron chi connectivity index (χ1n) is 26.1. The maximum absolute atomic E-state index is 13.4. The van der Waals surface area contributed by atoms with E-state index in [0.717, 1.165) is 62.1 Å². The predicted molar refractivity (Wildman–Crippen MR) is 274 cm³/mol. The number of phosphoric ester groups is 2. The third-order valence-corrected chi connectivity index (χ3v) is 14.8. The fraction of sp³-hybridized carbons (Fsp3) is 0.720. The molecule has 2 aliphatic heterocycles. The molecule has 0 saturated carbocycles. The molecule has 0 aliphatic carbocycles. The Hall–Kier alpha value is -3.44. The average Bonchev–Trinajstić information content (AvgIpc) is 3.35. The average molecular weight is 1090 g/mol. The van der Waals surface area contributed by atoms with Gasteiger partial charge in [-0.3, -0.25) is 23.2 Å². The summed E-state index contributed by atoms with van der Waals surface area (Å²) in [6, 6.07) is 1.22. The highest BCUT2D eigenvalue weighted by molar-refractivity contribution is 7.61. The van der Waals surface area contributed by atoms with E-state index in [-0.39, 0.29) is 37.9 Å². The molecule has 2 bridgehead atoms. The van der Waals surface area contributed by atoms with Gasteiger partial charge >= 0.3 is 33.3 Å². The molecule has 3 unspecified atom stereocenters. The number of nitrogens with two attached hydrogens (primary N) is 1. The first-order valence-corrected chi connectivity index (χ1v) is 29.1. The van der Waals surface area contributed by atoms with E-state index in [4.69, 9.17) is 33.7 Å². The number of unbranched alkanes of at least 4 members (excludes halogenated alkanes) is 11. The van der Waals surface area contributed by atoms with Gasteiger partial charge in [0.15, 0.2) is 12.4 Å². The number of ether oxygens (including phenoxy) is 4. The lowest BCUT2D eigenvalue weighted by atomic mass is 9.92. The molecule has 22 nitrogen and oxygen atoms in total. The fourth-order valence-corrected chi connectivity index (χ4v) is 10.2. The van der Waals surface area contributed by atoms with Crippen molar-refractivity contribution in [1.29, 1.82) is 0 Å². The van der Waals surface area contributed by atoms with Crippen LogP contribution in [0.2, 0.25) is 0 Å². The van der Waals surface area contributed by atoms with Gasteiger partial charge in [-0.25, -0.2) is 13.9 Å². The molecule has 1 fully saturated rings. The lowest BCUT2D eigenvalue weighted by molar-refractivity contribution is -0.192. The third-order valence-electron chi connectivity index (χ3n) is 12.2. The summed E-state index contributed by atoms with van der Waals surface area (Å²) >= 11 is 0. The summed E-state index contributed by atoms with van der Waals surface area (Å²) in [5.41, 5.74) is 4.75. The summed E-state index contributed by atoms with van der Waals surface area (Å²) in [5.74, 6) is -2.88. The number of esters is 2. The minimum atomic E-state index is -5.74. The van der Waals surface area contributed by atoms with Gasteiger partial charge in [0.25, 0.3) is 0 Å². The SMILES string of the molecule is CCCCCC/C=C\C=C/CCCCCCCC(=O)O[C@@H]1COC(=O)CCCC=CC[C@@H]2[C@H](n3ccc(N)nc3=O)O[C@H](COP(=O)(O)OP(=O)(O)OC1)[C@@H](O)[C@@H](O)[C@@H](C=C[C@@H](O)CCCCC)OC(O)C[C@@H]2O. The van der Waals surface area contributed by atoms with Crippen molar-refractivity contribution in [2.75, 3.05) is 25.6 Å². The maximum Gasteiger partial charge on any atom is 0.481 e. The molecule has 3 heterocycles. The second kappa shape index (κ2) is 35.8. The Kier molecular flexibility index (Phi) is 31.4. The van der Waals surface area contributed by atoms with E-state index < -0.39 is 121 Å². The van der Waals surface area contributed by atoms with Gasteiger partial charge < -0.3 is 60.0 Å². The topological polar surface area (TPSA) is 335 Å². The monoisotopic (exact) mass is 1090 g/mol. The number of nitrogens with zero attached hydrogens (tertiary/aromatic N) is 2. The molecule has 0 aromatic carbocycles. The van der Waals surface area contributed by atoms with E-state index in [1.807, 2.05) is 6.92 Å². The lowest BCUT2D eigenvalue weighted by Crippen LogP contribution is -2.49. The van der Waals surface area contributed by atoms with E-state index in [0.29, 0.717) is 19.3 Å². The number of fused-ring (bicyclic) bond motifs is 3. The van der Waals surface area contributed by atoms with Crippen LogP contribution >= 0.6 is 15.6 Å². The van der Waals surface area contributed by atoms with Crippen LogP contribution in [0.3, 0.4) is 0 Å². The van der Waals surface area contributed by atoms with Crippen molar-refractivity contribution in [3.05, 3.63) is 71.4 Å². The highest BCUT2D eigenvalue weighted by Crippen LogP contribution is 2.60. The Morgan fingerprint density at radius 1 is 0.865 bits per heavy atom. The van der Waals surface area contributed by atoms with E-state index in [2.05, 4.69) is 40.5 Å². The van der Waals surface area contributed by atoms with E-state index in [1.54, 1.807) is 12.2 Å². The summed E-state index contributed by atoms with van der Waals surface area (Å²) in [5, 5.41) is 56.9. The molecule has 1 aromatic heterocycles. The van der Waals surface area contributed by atoms with Crippen molar-refractivity contribution in [2.24, 2.45) is 5.92 Å². The number of cyclic esters (lactones) is 1. The minimum absolute atomic E-state index is 0.0244. The van der Waals surface area contributed by atoms with Gasteiger partial charge in [0.2, 0.25) is 0 Å². The molecule has 0 amide bonds. The zero-order valence-electron chi connectivity index (χ0n) is 42.9. The number of aromatic nitrogens is 2. The summed E-state index contributed by atoms with van der Waals surface area (Å²) in [7, 11) is -11.4. The molecule has 1 saturated heterocycles. The molecular formula is C50H83N3O19P2. The van der Waals surface area contributed by atoms with Crippen LogP contribution in [0, 0.1) is 5.92 Å². The van der Waals surface area contributed by atoms with Gasteiger partial charge in [-0.2, -0.15) is 9.29 Å². The van der Waals surface area contributed by atoms with Crippen molar-refractivity contribution in [3.63, 3.8) is 0 Å². The summed E-state index contributed by atoms with van der Waals surface area (Å²) < 4.78 is 64.8. The number of carbonyl (C=O) groups excluding carboxylic acids is 2. The van der Waals surface area contributed by atoms with Crippen LogP contribution in [-0.2, 0) is 51.0 Å². The lowest BCUT2D eigenvalue weighted by Gasteiger charge is -2.36. The molecule has 0 radical (unpaired) electrons. The summed E-state index contributed by atoms with van der Waals surface area (Å²) in [6.07, 6.45) is 13.1. The normalized spacial score (nSPS) is 30.2. The van der Waals surface area contributed by atoms with E-state index >= 15 is 0 Å². The molecule has 2 aliphatic rings. The quantitative estimate of drug-likeness (QED) is 0.0198. The van der Waals surface area contributed by atoms with Crippen molar-refractivity contribution in [3.8, 4) is 0 Å². The highest BCUT2D eigenvalue weighted by Gasteiger charge is 2.44. The number of phosphoric acid groups is 2. The Morgan fingerprint density at radius 3 is 2.20 bits per heavy atom. The number of carbonyl (C=O) groups is 2. The van der Waals surface area contributed by atoms with Gasteiger partial charge in [-0.05, 0) is 63.9 Å². The molecule has 422 valence electrons. The van der Waals surface area contributed by atoms with Gasteiger partial charge in [0, 0.05) is 31.4 Å². The van der Waals surface area contributed by atoms with Crippen LogP contribution in [0.15, 0.2) is 65.7 Å². The number of nitrogen functional groups attached to an aromatic ring is 1. The molecule has 74 heavy (non-hydrogen) atoms. The van der Waals surface area contributed by atoms with E-state index in [9.17, 15) is 58.8 Å². The summed E-state index contributed by atoms with van der Waals surface area (Å²) in [4.78, 5) is 64.3. The molecule has 9 N–H and O–H groups in total. The molecule has 3 rings (SSSR count). The van der Waals surface area contributed by atoms with Gasteiger partial charge in [-0.1, -0.05) is 120 Å². The van der Waals surface area contributed by atoms with Gasteiger partial charge in [0.1, 0.15) is 43.1 Å². The van der Waals surface area contributed by atoms with Crippen LogP contribution in [0.25, 0.3) is 0 Å². The van der Waals surface area contributed by atoms with Crippen LogP contribution in [0.1, 0.15) is 155 Å². The second-order valence-electron chi connectivity index (χ2n) is 18.6. The Morgan fingerprint density at radius 2 is 1.51 bits per heavy atom. The zero-order chi connectivity index (χ0) is 54.4. The highest BCUT2D eigenvalue weighted by atomic mass is 31.3. The van der Waals surface area contributed by atoms with Crippen LogP contribution in [-0.4, -0.2) is 126 Å². The van der Waals surface area contributed by atoms with Crippen LogP contribution < -0.4 is 11.4 Å². The fourth-order valence-electron chi connectivity index (χ4n) is 8.04. The van der Waals surface area contributed by atoms with Crippen molar-refractivity contribution >= 4 is 33.4 Å². The first kappa shape index (κ1) is 64.8. The molecule has 1 aromatic rings. The van der Waals surface area contributed by atoms with Crippen LogP contribution in [0.5, 0.6) is 0 Å². The van der Waals surface area contributed by atoms with Crippen molar-refractivity contribution in [2.45, 2.75) is 204 Å². The zero-order valence-corrected chi connectivity index (χ0v) is 44.7. The Balaban J connectivity index is 1.83. The first-order chi connectivity index (χ1) is 35.3.